The fourth-order valence-corrected chi connectivity index (χ4v) is 3.67. The molecule has 2 aromatic carbocycles. The molecule has 166 valence electrons. The number of hydrazone groups is 1. The molecular formula is C20H16Cl2N4O5S. The van der Waals surface area contributed by atoms with Crippen LogP contribution < -0.4 is 15.5 Å². The highest BCUT2D eigenvalue weighted by atomic mass is 35.5. The van der Waals surface area contributed by atoms with Crippen LogP contribution in [0, 0.1) is 0 Å². The molecule has 0 fully saturated rings. The minimum absolute atomic E-state index is 0.0630. The van der Waals surface area contributed by atoms with E-state index in [2.05, 4.69) is 20.6 Å². The molecule has 0 saturated heterocycles. The van der Waals surface area contributed by atoms with Gasteiger partial charge < -0.3 is 9.73 Å². The Morgan fingerprint density at radius 1 is 0.969 bits per heavy atom. The molecule has 0 radical (unpaired) electrons. The molecule has 1 heterocycles. The number of benzene rings is 2. The van der Waals surface area contributed by atoms with E-state index in [1.54, 1.807) is 24.3 Å². The minimum Gasteiger partial charge on any atom is -0.459 e. The molecule has 3 rings (SSSR count). The zero-order valence-corrected chi connectivity index (χ0v) is 18.5. The molecule has 0 bridgehead atoms. The molecule has 2 amide bonds. The van der Waals surface area contributed by atoms with Crippen LogP contribution >= 0.6 is 23.2 Å². The molecule has 0 aliphatic carbocycles. The van der Waals surface area contributed by atoms with E-state index < -0.39 is 21.8 Å². The van der Waals surface area contributed by atoms with Crippen molar-refractivity contribution in [2.45, 2.75) is 11.4 Å². The van der Waals surface area contributed by atoms with Gasteiger partial charge in [-0.05, 0) is 48.5 Å². The Hall–Kier alpha value is -3.18. The molecule has 32 heavy (non-hydrogen) atoms. The van der Waals surface area contributed by atoms with Gasteiger partial charge in [-0.15, -0.1) is 0 Å². The van der Waals surface area contributed by atoms with Crippen molar-refractivity contribution in [1.82, 2.24) is 10.1 Å². The van der Waals surface area contributed by atoms with Crippen molar-refractivity contribution < 1.29 is 22.4 Å². The quantitative estimate of drug-likeness (QED) is 0.264. The summed E-state index contributed by atoms with van der Waals surface area (Å²) in [4.78, 5) is 23.8. The third kappa shape index (κ3) is 6.41. The predicted molar refractivity (Wildman–Crippen MR) is 120 cm³/mol. The Morgan fingerprint density at radius 3 is 2.41 bits per heavy atom. The number of para-hydroxylation sites is 1. The maximum atomic E-state index is 12.3. The smallest absolute Gasteiger partial charge is 0.329 e. The van der Waals surface area contributed by atoms with Gasteiger partial charge >= 0.3 is 11.8 Å². The normalized spacial score (nSPS) is 11.4. The zero-order valence-electron chi connectivity index (χ0n) is 16.2. The van der Waals surface area contributed by atoms with E-state index in [1.165, 1.54) is 36.4 Å². The van der Waals surface area contributed by atoms with E-state index in [0.717, 1.165) is 6.21 Å². The lowest BCUT2D eigenvalue weighted by Crippen LogP contribution is -2.32. The van der Waals surface area contributed by atoms with Crippen LogP contribution in [0.15, 0.2) is 75.1 Å². The van der Waals surface area contributed by atoms with Gasteiger partial charge in [-0.3, -0.25) is 9.59 Å². The topological polar surface area (TPSA) is 130 Å². The Morgan fingerprint density at radius 2 is 1.69 bits per heavy atom. The van der Waals surface area contributed by atoms with Crippen LogP contribution in [0.2, 0.25) is 10.0 Å². The lowest BCUT2D eigenvalue weighted by Gasteiger charge is -2.05. The molecular weight excluding hydrogens is 479 g/mol. The monoisotopic (exact) mass is 494 g/mol. The molecule has 1 aromatic heterocycles. The predicted octanol–water partition coefficient (Wildman–Crippen LogP) is 3.15. The van der Waals surface area contributed by atoms with E-state index in [4.69, 9.17) is 27.6 Å². The largest absolute Gasteiger partial charge is 0.459 e. The van der Waals surface area contributed by atoms with Crippen molar-refractivity contribution in [2.24, 2.45) is 5.10 Å². The van der Waals surface area contributed by atoms with Crippen LogP contribution in [-0.4, -0.2) is 26.4 Å². The summed E-state index contributed by atoms with van der Waals surface area (Å²) in [5, 5.41) is 6.71. The number of carbonyl (C=O) groups excluding carboxylic acids is 2. The highest BCUT2D eigenvalue weighted by Crippen LogP contribution is 2.20. The Balaban J connectivity index is 1.51. The highest BCUT2D eigenvalue weighted by Gasteiger charge is 2.15. The number of hydrogen-bond donors (Lipinski definition) is 3. The van der Waals surface area contributed by atoms with E-state index in [1.807, 2.05) is 0 Å². The second-order valence-electron chi connectivity index (χ2n) is 6.22. The summed E-state index contributed by atoms with van der Waals surface area (Å²) >= 11 is 11.7. The van der Waals surface area contributed by atoms with Crippen LogP contribution in [0.3, 0.4) is 0 Å². The van der Waals surface area contributed by atoms with Gasteiger partial charge in [0.05, 0.1) is 28.4 Å². The average molecular weight is 495 g/mol. The zero-order chi connectivity index (χ0) is 23.1. The van der Waals surface area contributed by atoms with Gasteiger partial charge in [0.25, 0.3) is 0 Å². The minimum atomic E-state index is -3.75. The summed E-state index contributed by atoms with van der Waals surface area (Å²) in [6, 6.07) is 15.2. The molecule has 0 aliphatic heterocycles. The maximum absolute atomic E-state index is 12.3. The number of sulfonamides is 1. The lowest BCUT2D eigenvalue weighted by atomic mass is 10.3. The molecule has 3 aromatic rings. The Kier molecular flexibility index (Phi) is 7.65. The van der Waals surface area contributed by atoms with E-state index in [0.29, 0.717) is 10.8 Å². The number of halogens is 2. The summed E-state index contributed by atoms with van der Waals surface area (Å²) in [5.41, 5.74) is 2.34. The first kappa shape index (κ1) is 23.5. The first-order valence-corrected chi connectivity index (χ1v) is 11.2. The molecule has 9 nitrogen and oxygen atoms in total. The first-order chi connectivity index (χ1) is 15.2. The molecule has 12 heteroatoms. The number of anilines is 1. The highest BCUT2D eigenvalue weighted by molar-refractivity contribution is 7.89. The number of rotatable bonds is 7. The van der Waals surface area contributed by atoms with Crippen LogP contribution in [-0.2, 0) is 26.2 Å². The van der Waals surface area contributed by atoms with Crippen LogP contribution in [0.1, 0.15) is 11.5 Å². The average Bonchev–Trinajstić information content (AvgIpc) is 3.22. The fourth-order valence-electron chi connectivity index (χ4n) is 2.37. The summed E-state index contributed by atoms with van der Waals surface area (Å²) in [6.07, 6.45) is 1.16. The molecule has 0 unspecified atom stereocenters. The van der Waals surface area contributed by atoms with E-state index >= 15 is 0 Å². The van der Waals surface area contributed by atoms with Crippen molar-refractivity contribution in [3.05, 3.63) is 82.2 Å². The summed E-state index contributed by atoms with van der Waals surface area (Å²) in [6.45, 7) is -0.106. The molecule has 0 spiro atoms. The SMILES string of the molecule is O=C(N/N=C/c1ccc(CNS(=O)(=O)c2ccc(Cl)cc2)o1)C(=O)Nc1ccccc1Cl. The van der Waals surface area contributed by atoms with Crippen molar-refractivity contribution in [1.29, 1.82) is 0 Å². The van der Waals surface area contributed by atoms with Crippen LogP contribution in [0.5, 0.6) is 0 Å². The van der Waals surface area contributed by atoms with E-state index in [9.17, 15) is 18.0 Å². The molecule has 3 N–H and O–H groups in total. The summed E-state index contributed by atoms with van der Waals surface area (Å²) in [5.74, 6) is -1.42. The van der Waals surface area contributed by atoms with Gasteiger partial charge in [0.15, 0.2) is 0 Å². The Bertz CT molecular complexity index is 1260. The molecule has 0 saturated carbocycles. The number of nitrogens with one attached hydrogen (secondary N) is 3. The van der Waals surface area contributed by atoms with Gasteiger partial charge in [0.2, 0.25) is 10.0 Å². The molecule has 0 atom stereocenters. The van der Waals surface area contributed by atoms with Gasteiger partial charge in [-0.1, -0.05) is 35.3 Å². The number of furan rings is 1. The van der Waals surface area contributed by atoms with Gasteiger partial charge in [-0.2, -0.15) is 5.10 Å². The van der Waals surface area contributed by atoms with Gasteiger partial charge in [0, 0.05) is 5.02 Å². The number of hydrogen-bond acceptors (Lipinski definition) is 6. The van der Waals surface area contributed by atoms with Crippen molar-refractivity contribution >= 4 is 56.9 Å². The number of nitrogens with zero attached hydrogens (tertiary/aromatic N) is 1. The summed E-state index contributed by atoms with van der Waals surface area (Å²) < 4.78 is 32.4. The lowest BCUT2D eigenvalue weighted by molar-refractivity contribution is -0.136. The third-order valence-electron chi connectivity index (χ3n) is 3.93. The van der Waals surface area contributed by atoms with Crippen molar-refractivity contribution in [3.8, 4) is 0 Å². The Labute approximate surface area is 193 Å². The first-order valence-electron chi connectivity index (χ1n) is 8.97. The third-order valence-corrected chi connectivity index (χ3v) is 5.93. The van der Waals surface area contributed by atoms with Crippen LogP contribution in [0.25, 0.3) is 0 Å². The fraction of sp³-hybridized carbons (Fsp3) is 0.0500. The standard InChI is InChI=1S/C20H16Cl2N4O5S/c21-13-5-9-16(10-6-13)32(29,30)24-12-15-8-7-14(31-15)11-23-26-20(28)19(27)25-18-4-2-1-3-17(18)22/h1-11,24H,12H2,(H,25,27)(H,26,28)/b23-11+. The van der Waals surface area contributed by atoms with Crippen molar-refractivity contribution in [3.63, 3.8) is 0 Å². The number of carbonyl (C=O) groups is 2. The molecule has 0 aliphatic rings. The summed E-state index contributed by atoms with van der Waals surface area (Å²) in [7, 11) is -3.75. The maximum Gasteiger partial charge on any atom is 0.329 e. The van der Waals surface area contributed by atoms with Gasteiger partial charge in [-0.25, -0.2) is 18.6 Å². The second kappa shape index (κ2) is 10.4. The second-order valence-corrected chi connectivity index (χ2v) is 8.83. The van der Waals surface area contributed by atoms with Crippen molar-refractivity contribution in [2.75, 3.05) is 5.32 Å². The van der Waals surface area contributed by atoms with E-state index in [-0.39, 0.29) is 27.9 Å². The number of amides is 2. The van der Waals surface area contributed by atoms with Crippen LogP contribution in [0.4, 0.5) is 5.69 Å². The van der Waals surface area contributed by atoms with Gasteiger partial charge in [0.1, 0.15) is 11.5 Å².